The zero-order valence-corrected chi connectivity index (χ0v) is 12.6. The summed E-state index contributed by atoms with van der Waals surface area (Å²) < 4.78 is 4.85. The lowest BCUT2D eigenvalue weighted by molar-refractivity contribution is -0.126. The van der Waals surface area contributed by atoms with Gasteiger partial charge in [-0.25, -0.2) is 0 Å². The minimum atomic E-state index is -0.410. The molecule has 1 rings (SSSR count). The molecule has 0 aliphatic carbocycles. The average molecular weight is 319 g/mol. The number of rotatable bonds is 7. The first-order valence-electron chi connectivity index (χ1n) is 6.03. The molecule has 0 fully saturated rings. The van der Waals surface area contributed by atoms with E-state index in [1.165, 1.54) is 6.07 Å². The number of carbonyl (C=O) groups is 2. The molecule has 0 bridgehead atoms. The van der Waals surface area contributed by atoms with Gasteiger partial charge in [0.05, 0.1) is 10.0 Å². The second-order valence-corrected chi connectivity index (χ2v) is 4.86. The monoisotopic (exact) mass is 318 g/mol. The second-order valence-electron chi connectivity index (χ2n) is 4.05. The summed E-state index contributed by atoms with van der Waals surface area (Å²) in [6, 6.07) is 4.71. The molecule has 0 spiro atoms. The van der Waals surface area contributed by atoms with E-state index in [2.05, 4.69) is 10.6 Å². The van der Waals surface area contributed by atoms with Crippen molar-refractivity contribution in [1.29, 1.82) is 0 Å². The summed E-state index contributed by atoms with van der Waals surface area (Å²) in [7, 11) is 1.59. The van der Waals surface area contributed by atoms with Crippen LogP contribution in [0.25, 0.3) is 0 Å². The Morgan fingerprint density at radius 1 is 1.20 bits per heavy atom. The van der Waals surface area contributed by atoms with E-state index in [0.717, 1.165) is 0 Å². The summed E-state index contributed by atoms with van der Waals surface area (Å²) in [4.78, 5) is 23.1. The Labute approximate surface area is 127 Å². The van der Waals surface area contributed by atoms with Crippen LogP contribution in [0.4, 0.5) is 5.69 Å². The molecule has 0 aliphatic heterocycles. The molecule has 1 aromatic rings. The first-order valence-corrected chi connectivity index (χ1v) is 6.79. The summed E-state index contributed by atoms with van der Waals surface area (Å²) in [5, 5.41) is 5.95. The number of ether oxygens (including phenoxy) is 1. The molecule has 0 atom stereocenters. The van der Waals surface area contributed by atoms with Crippen LogP contribution in [-0.2, 0) is 14.3 Å². The van der Waals surface area contributed by atoms with Crippen LogP contribution in [-0.4, -0.2) is 32.1 Å². The van der Waals surface area contributed by atoms with Crippen LogP contribution < -0.4 is 10.6 Å². The second kappa shape index (κ2) is 8.79. The van der Waals surface area contributed by atoms with E-state index in [-0.39, 0.29) is 12.3 Å². The fraction of sp³-hybridized carbons (Fsp3) is 0.385. The summed E-state index contributed by atoms with van der Waals surface area (Å²) >= 11 is 11.6. The lowest BCUT2D eigenvalue weighted by Crippen LogP contribution is -2.29. The highest BCUT2D eigenvalue weighted by molar-refractivity contribution is 6.42. The van der Waals surface area contributed by atoms with Crippen molar-refractivity contribution >= 4 is 40.7 Å². The van der Waals surface area contributed by atoms with Crippen LogP contribution in [0.15, 0.2) is 18.2 Å². The predicted octanol–water partition coefficient (Wildman–Crippen LogP) is 2.47. The van der Waals surface area contributed by atoms with E-state index in [1.807, 2.05) is 0 Å². The molecule has 5 nitrogen and oxygen atoms in total. The standard InChI is InChI=1S/C13H16Cl2N2O3/c1-20-6-2-5-16-12(18)8-13(19)17-9-3-4-10(14)11(15)7-9/h3-4,7H,2,5-6,8H2,1H3,(H,16,18)(H,17,19). The maximum Gasteiger partial charge on any atom is 0.233 e. The molecular formula is C13H16Cl2N2O3. The zero-order chi connectivity index (χ0) is 15.0. The maximum atomic E-state index is 11.6. The normalized spacial score (nSPS) is 10.2. The van der Waals surface area contributed by atoms with Crippen LogP contribution in [0.3, 0.4) is 0 Å². The zero-order valence-electron chi connectivity index (χ0n) is 11.0. The Morgan fingerprint density at radius 3 is 2.60 bits per heavy atom. The fourth-order valence-electron chi connectivity index (χ4n) is 1.43. The van der Waals surface area contributed by atoms with Crippen LogP contribution in [0.5, 0.6) is 0 Å². The van der Waals surface area contributed by atoms with Gasteiger partial charge in [-0.05, 0) is 24.6 Å². The van der Waals surface area contributed by atoms with Gasteiger partial charge in [-0.3, -0.25) is 9.59 Å². The van der Waals surface area contributed by atoms with Gasteiger partial charge >= 0.3 is 0 Å². The number of hydrogen-bond acceptors (Lipinski definition) is 3. The van der Waals surface area contributed by atoms with Crippen LogP contribution >= 0.6 is 23.2 Å². The topological polar surface area (TPSA) is 67.4 Å². The molecule has 0 heterocycles. The Kier molecular flexibility index (Phi) is 7.36. The van der Waals surface area contributed by atoms with E-state index in [1.54, 1.807) is 19.2 Å². The molecule has 0 saturated heterocycles. The van der Waals surface area contributed by atoms with Crippen molar-refractivity contribution in [3.05, 3.63) is 28.2 Å². The van der Waals surface area contributed by atoms with Gasteiger partial charge in [0.25, 0.3) is 0 Å². The van der Waals surface area contributed by atoms with Crippen molar-refractivity contribution in [2.45, 2.75) is 12.8 Å². The lowest BCUT2D eigenvalue weighted by atomic mass is 10.3. The van der Waals surface area contributed by atoms with Crippen LogP contribution in [0, 0.1) is 0 Å². The van der Waals surface area contributed by atoms with Crippen molar-refractivity contribution < 1.29 is 14.3 Å². The van der Waals surface area contributed by atoms with Crippen LogP contribution in [0.2, 0.25) is 10.0 Å². The van der Waals surface area contributed by atoms with E-state index in [4.69, 9.17) is 27.9 Å². The van der Waals surface area contributed by atoms with Gasteiger partial charge in [0.15, 0.2) is 0 Å². The van der Waals surface area contributed by atoms with Crippen molar-refractivity contribution in [3.63, 3.8) is 0 Å². The molecule has 2 N–H and O–H groups in total. The van der Waals surface area contributed by atoms with Gasteiger partial charge in [0.2, 0.25) is 11.8 Å². The molecule has 7 heteroatoms. The molecule has 1 aromatic carbocycles. The number of carbonyl (C=O) groups excluding carboxylic acids is 2. The van der Waals surface area contributed by atoms with Gasteiger partial charge in [0.1, 0.15) is 6.42 Å². The number of anilines is 1. The van der Waals surface area contributed by atoms with Gasteiger partial charge in [0, 0.05) is 25.9 Å². The molecule has 0 radical (unpaired) electrons. The third-order valence-corrected chi connectivity index (χ3v) is 3.11. The van der Waals surface area contributed by atoms with Gasteiger partial charge in [-0.1, -0.05) is 23.2 Å². The van der Waals surface area contributed by atoms with Crippen molar-refractivity contribution in [1.82, 2.24) is 5.32 Å². The van der Waals surface area contributed by atoms with Gasteiger partial charge in [-0.2, -0.15) is 0 Å². The highest BCUT2D eigenvalue weighted by Crippen LogP contribution is 2.24. The molecule has 110 valence electrons. The van der Waals surface area contributed by atoms with Gasteiger partial charge < -0.3 is 15.4 Å². The number of hydrogen-bond donors (Lipinski definition) is 2. The lowest BCUT2D eigenvalue weighted by Gasteiger charge is -2.07. The molecule has 0 unspecified atom stereocenters. The van der Waals surface area contributed by atoms with Crippen molar-refractivity contribution in [3.8, 4) is 0 Å². The van der Waals surface area contributed by atoms with Gasteiger partial charge in [-0.15, -0.1) is 0 Å². The van der Waals surface area contributed by atoms with E-state index >= 15 is 0 Å². The van der Waals surface area contributed by atoms with E-state index in [0.29, 0.717) is 35.3 Å². The number of benzene rings is 1. The summed E-state index contributed by atoms with van der Waals surface area (Å²) in [5.41, 5.74) is 0.497. The largest absolute Gasteiger partial charge is 0.385 e. The Bertz CT molecular complexity index is 481. The molecular weight excluding hydrogens is 303 g/mol. The average Bonchev–Trinajstić information content (AvgIpc) is 2.39. The Hall–Kier alpha value is -1.30. The third-order valence-electron chi connectivity index (χ3n) is 2.37. The summed E-state index contributed by atoms with van der Waals surface area (Å²) in [6.07, 6.45) is 0.462. The minimum absolute atomic E-state index is 0.243. The quantitative estimate of drug-likeness (QED) is 0.599. The number of methoxy groups -OCH3 is 1. The molecule has 0 aromatic heterocycles. The number of halogens is 2. The molecule has 0 saturated carbocycles. The first kappa shape index (κ1) is 16.8. The summed E-state index contributed by atoms with van der Waals surface area (Å²) in [6.45, 7) is 1.04. The van der Waals surface area contributed by atoms with Crippen molar-refractivity contribution in [2.75, 3.05) is 25.6 Å². The highest BCUT2D eigenvalue weighted by Gasteiger charge is 2.09. The molecule has 2 amide bonds. The number of nitrogens with one attached hydrogen (secondary N) is 2. The highest BCUT2D eigenvalue weighted by atomic mass is 35.5. The van der Waals surface area contributed by atoms with Crippen LogP contribution in [0.1, 0.15) is 12.8 Å². The molecule has 20 heavy (non-hydrogen) atoms. The van der Waals surface area contributed by atoms with Crippen molar-refractivity contribution in [2.24, 2.45) is 0 Å². The predicted molar refractivity (Wildman–Crippen MR) is 79.2 cm³/mol. The number of amides is 2. The first-order chi connectivity index (χ1) is 9.52. The maximum absolute atomic E-state index is 11.6. The SMILES string of the molecule is COCCCNC(=O)CC(=O)Nc1ccc(Cl)c(Cl)c1. The Balaban J connectivity index is 2.35. The van der Waals surface area contributed by atoms with E-state index in [9.17, 15) is 9.59 Å². The Morgan fingerprint density at radius 2 is 1.95 bits per heavy atom. The molecule has 0 aliphatic rings. The fourth-order valence-corrected chi connectivity index (χ4v) is 1.73. The third kappa shape index (κ3) is 6.23. The summed E-state index contributed by atoms with van der Waals surface area (Å²) in [5.74, 6) is -0.744. The smallest absolute Gasteiger partial charge is 0.233 e. The minimum Gasteiger partial charge on any atom is -0.385 e. The van der Waals surface area contributed by atoms with E-state index < -0.39 is 5.91 Å².